The number of rotatable bonds is 6. The van der Waals surface area contributed by atoms with Crippen LogP contribution in [0.3, 0.4) is 0 Å². The summed E-state index contributed by atoms with van der Waals surface area (Å²) in [5, 5.41) is 1.51. The van der Waals surface area contributed by atoms with Gasteiger partial charge in [0.15, 0.2) is 0 Å². The van der Waals surface area contributed by atoms with Crippen molar-refractivity contribution >= 4 is 6.16 Å². The minimum absolute atomic E-state index is 0.0878. The molecule has 0 radical (unpaired) electrons. The maximum absolute atomic E-state index is 13.9. The van der Waals surface area contributed by atoms with Gasteiger partial charge in [-0.3, -0.25) is 0 Å². The third-order valence-corrected chi connectivity index (χ3v) is 6.44. The number of nitrogens with one attached hydrogen (secondary N) is 1. The van der Waals surface area contributed by atoms with Crippen molar-refractivity contribution < 1.29 is 31.9 Å². The van der Waals surface area contributed by atoms with E-state index in [1.54, 1.807) is 6.07 Å². The molecule has 0 bridgehead atoms. The fourth-order valence-corrected chi connectivity index (χ4v) is 4.47. The van der Waals surface area contributed by atoms with Crippen LogP contribution in [0.15, 0.2) is 72.9 Å². The average molecular weight is 541 g/mol. The molecular formula is C28H24F4N4O3. The summed E-state index contributed by atoms with van der Waals surface area (Å²) in [6.07, 6.45) is -2.91. The zero-order chi connectivity index (χ0) is 27.4. The van der Waals surface area contributed by atoms with Gasteiger partial charge in [0.1, 0.15) is 12.4 Å². The first-order chi connectivity index (χ1) is 18.8. The number of ether oxygens (including phenoxy) is 1. The Morgan fingerprint density at radius 3 is 2.49 bits per heavy atom. The van der Waals surface area contributed by atoms with E-state index < -0.39 is 23.8 Å². The summed E-state index contributed by atoms with van der Waals surface area (Å²) in [4.78, 5) is 28.9. The Morgan fingerprint density at radius 2 is 1.77 bits per heavy atom. The number of piperidine rings is 1. The maximum atomic E-state index is 13.9. The van der Waals surface area contributed by atoms with Gasteiger partial charge in [-0.2, -0.15) is 17.6 Å². The summed E-state index contributed by atoms with van der Waals surface area (Å²) in [5.74, 6) is -0.251. The molecule has 3 heterocycles. The molecule has 1 saturated heterocycles. The Kier molecular flexibility index (Phi) is 7.60. The monoisotopic (exact) mass is 540 g/mol. The molecule has 1 N–H and O–H groups in total. The Labute approximate surface area is 221 Å². The first-order valence-electron chi connectivity index (χ1n) is 12.3. The molecule has 2 aromatic heterocycles. The zero-order valence-electron chi connectivity index (χ0n) is 20.6. The number of imidazole rings is 1. The van der Waals surface area contributed by atoms with Gasteiger partial charge in [0, 0.05) is 42.4 Å². The topological polar surface area (TPSA) is 80.3 Å². The van der Waals surface area contributed by atoms with Gasteiger partial charge in [-0.05, 0) is 36.6 Å². The molecule has 2 aromatic carbocycles. The molecule has 0 spiro atoms. The molecule has 11 heteroatoms. The second kappa shape index (κ2) is 11.2. The molecule has 5 rings (SSSR count). The minimum Gasteiger partial charge on any atom is -0.428 e. The van der Waals surface area contributed by atoms with Crippen molar-refractivity contribution in [2.24, 2.45) is 0 Å². The van der Waals surface area contributed by atoms with Crippen molar-refractivity contribution in [2.75, 3.05) is 13.1 Å². The van der Waals surface area contributed by atoms with Gasteiger partial charge in [-0.15, -0.1) is 5.06 Å². The SMILES string of the molecule is O=C(OCc1ccccc1)ON1CCC(c2nc(-c3cccc(C(F)(F)F)c3)c(-c3ccnc(F)c3)[nH]2)CC1. The second-order valence-corrected chi connectivity index (χ2v) is 9.11. The number of nitrogens with zero attached hydrogens (tertiary/aromatic N) is 3. The van der Waals surface area contributed by atoms with Crippen LogP contribution >= 0.6 is 0 Å². The van der Waals surface area contributed by atoms with Gasteiger partial charge in [0.05, 0.1) is 17.0 Å². The fraction of sp³-hybridized carbons (Fsp3) is 0.250. The number of aromatic amines is 1. The van der Waals surface area contributed by atoms with Gasteiger partial charge >= 0.3 is 12.3 Å². The Morgan fingerprint density at radius 1 is 1.00 bits per heavy atom. The first-order valence-corrected chi connectivity index (χ1v) is 12.3. The van der Waals surface area contributed by atoms with Gasteiger partial charge in [0.25, 0.3) is 0 Å². The molecule has 0 unspecified atom stereocenters. The van der Waals surface area contributed by atoms with Gasteiger partial charge in [0.2, 0.25) is 5.95 Å². The van der Waals surface area contributed by atoms with E-state index in [1.807, 2.05) is 30.3 Å². The molecule has 202 valence electrons. The number of carbonyl (C=O) groups is 1. The second-order valence-electron chi connectivity index (χ2n) is 9.11. The Bertz CT molecular complexity index is 1430. The summed E-state index contributed by atoms with van der Waals surface area (Å²) in [6, 6.07) is 16.9. The molecule has 0 saturated carbocycles. The number of aromatic nitrogens is 3. The number of carbonyl (C=O) groups excluding carboxylic acids is 1. The smallest absolute Gasteiger partial charge is 0.428 e. The van der Waals surface area contributed by atoms with Gasteiger partial charge in [-0.1, -0.05) is 42.5 Å². The van der Waals surface area contributed by atoms with E-state index in [1.165, 1.54) is 29.5 Å². The van der Waals surface area contributed by atoms with Crippen LogP contribution in [0.4, 0.5) is 22.4 Å². The molecule has 0 amide bonds. The summed E-state index contributed by atoms with van der Waals surface area (Å²) in [7, 11) is 0. The Hall–Kier alpha value is -4.25. The first kappa shape index (κ1) is 26.4. The van der Waals surface area contributed by atoms with E-state index >= 15 is 0 Å². The highest BCUT2D eigenvalue weighted by Gasteiger charge is 2.32. The molecule has 0 atom stereocenters. The number of hydrogen-bond acceptors (Lipinski definition) is 6. The quantitative estimate of drug-likeness (QED) is 0.166. The van der Waals surface area contributed by atoms with Crippen LogP contribution < -0.4 is 0 Å². The molecule has 1 aliphatic rings. The van der Waals surface area contributed by atoms with Gasteiger partial charge < -0.3 is 14.6 Å². The normalized spacial score (nSPS) is 14.8. The van der Waals surface area contributed by atoms with E-state index in [-0.39, 0.29) is 23.8 Å². The number of benzene rings is 2. The van der Waals surface area contributed by atoms with E-state index in [4.69, 9.17) is 9.57 Å². The predicted octanol–water partition coefficient (Wildman–Crippen LogP) is 6.74. The van der Waals surface area contributed by atoms with Crippen LogP contribution in [0.5, 0.6) is 0 Å². The van der Waals surface area contributed by atoms with Crippen LogP contribution in [0.1, 0.15) is 35.7 Å². The third-order valence-electron chi connectivity index (χ3n) is 6.44. The molecule has 0 aliphatic carbocycles. The van der Waals surface area contributed by atoms with Crippen LogP contribution in [0, 0.1) is 5.95 Å². The van der Waals surface area contributed by atoms with Crippen molar-refractivity contribution in [3.05, 3.63) is 95.8 Å². The molecule has 1 fully saturated rings. The van der Waals surface area contributed by atoms with Crippen molar-refractivity contribution in [3.63, 3.8) is 0 Å². The summed E-state index contributed by atoms with van der Waals surface area (Å²) < 4.78 is 59.2. The largest absolute Gasteiger partial charge is 0.528 e. The lowest BCUT2D eigenvalue weighted by molar-refractivity contribution is -0.140. The lowest BCUT2D eigenvalue weighted by Crippen LogP contribution is -2.35. The minimum atomic E-state index is -4.52. The van der Waals surface area contributed by atoms with Crippen LogP contribution in [0.25, 0.3) is 22.5 Å². The number of H-pyrrole nitrogens is 1. The molecule has 1 aliphatic heterocycles. The lowest BCUT2D eigenvalue weighted by atomic mass is 9.97. The van der Waals surface area contributed by atoms with Crippen molar-refractivity contribution in [2.45, 2.75) is 31.5 Å². The molecule has 4 aromatic rings. The number of pyridine rings is 1. The van der Waals surface area contributed by atoms with Crippen molar-refractivity contribution in [1.29, 1.82) is 0 Å². The predicted molar refractivity (Wildman–Crippen MR) is 133 cm³/mol. The van der Waals surface area contributed by atoms with E-state index in [2.05, 4.69) is 15.0 Å². The number of hydrogen-bond donors (Lipinski definition) is 1. The highest BCUT2D eigenvalue weighted by atomic mass is 19.4. The van der Waals surface area contributed by atoms with Crippen molar-refractivity contribution in [3.8, 4) is 22.5 Å². The summed E-state index contributed by atoms with van der Waals surface area (Å²) >= 11 is 0. The van der Waals surface area contributed by atoms with Crippen LogP contribution in [-0.4, -0.2) is 39.3 Å². The van der Waals surface area contributed by atoms with Crippen LogP contribution in [0.2, 0.25) is 0 Å². The number of halogens is 4. The summed E-state index contributed by atoms with van der Waals surface area (Å²) in [6.45, 7) is 0.910. The number of alkyl halides is 3. The lowest BCUT2D eigenvalue weighted by Gasteiger charge is -2.29. The maximum Gasteiger partial charge on any atom is 0.528 e. The van der Waals surface area contributed by atoms with Crippen LogP contribution in [-0.2, 0) is 22.4 Å². The zero-order valence-corrected chi connectivity index (χ0v) is 20.6. The number of hydroxylamine groups is 2. The van der Waals surface area contributed by atoms with E-state index in [0.717, 1.165) is 17.7 Å². The van der Waals surface area contributed by atoms with Gasteiger partial charge in [-0.25, -0.2) is 14.8 Å². The van der Waals surface area contributed by atoms with Crippen molar-refractivity contribution in [1.82, 2.24) is 20.0 Å². The van der Waals surface area contributed by atoms with E-state index in [9.17, 15) is 22.4 Å². The third kappa shape index (κ3) is 6.43. The van der Waals surface area contributed by atoms with E-state index in [0.29, 0.717) is 43.0 Å². The standard InChI is InChI=1S/C28H24F4N4O3/c29-23-16-21(9-12-33-23)25-24(20-7-4-8-22(15-20)28(30,31)32)34-26(35-25)19-10-13-36(14-11-19)39-27(37)38-17-18-5-2-1-3-6-18/h1-9,12,15-16,19H,10-11,13-14,17H2,(H,34,35). The molecule has 39 heavy (non-hydrogen) atoms. The molecule has 7 nitrogen and oxygen atoms in total. The molecular weight excluding hydrogens is 516 g/mol. The Balaban J connectivity index is 1.31. The summed E-state index contributed by atoms with van der Waals surface area (Å²) in [5.41, 5.74) is 1.38. The fourth-order valence-electron chi connectivity index (χ4n) is 4.47. The highest BCUT2D eigenvalue weighted by Crippen LogP contribution is 2.37. The highest BCUT2D eigenvalue weighted by molar-refractivity contribution is 5.78. The average Bonchev–Trinajstić information content (AvgIpc) is 3.38.